The third-order valence-corrected chi connectivity index (χ3v) is 2.64. The Morgan fingerprint density at radius 2 is 2.31 bits per heavy atom. The Kier molecular flexibility index (Phi) is 2.78. The molecule has 2 aromatic heterocycles. The summed E-state index contributed by atoms with van der Waals surface area (Å²) in [5.74, 6) is 0.191. The topological polar surface area (TPSA) is 93.8 Å². The maximum Gasteiger partial charge on any atom is 0.270 e. The van der Waals surface area contributed by atoms with Crippen molar-refractivity contribution < 1.29 is 4.79 Å². The van der Waals surface area contributed by atoms with Crippen LogP contribution in [0.15, 0.2) is 18.5 Å². The van der Waals surface area contributed by atoms with Crippen molar-refractivity contribution >= 4 is 28.9 Å². The lowest BCUT2D eigenvalue weighted by molar-refractivity contribution is 0.103. The second-order valence-electron chi connectivity index (χ2n) is 3.16. The van der Waals surface area contributed by atoms with Crippen molar-refractivity contribution in [1.29, 1.82) is 0 Å². The zero-order valence-corrected chi connectivity index (χ0v) is 9.28. The van der Waals surface area contributed by atoms with Crippen molar-refractivity contribution in [3.8, 4) is 0 Å². The highest BCUT2D eigenvalue weighted by molar-refractivity contribution is 7.07. The number of rotatable bonds is 2. The van der Waals surface area contributed by atoms with Crippen molar-refractivity contribution in [2.24, 2.45) is 0 Å². The molecule has 0 atom stereocenters. The Morgan fingerprint density at radius 3 is 2.94 bits per heavy atom. The van der Waals surface area contributed by atoms with Crippen LogP contribution in [-0.4, -0.2) is 20.5 Å². The van der Waals surface area contributed by atoms with Crippen molar-refractivity contribution in [2.75, 3.05) is 11.1 Å². The predicted molar refractivity (Wildman–Crippen MR) is 61.2 cm³/mol. The summed E-state index contributed by atoms with van der Waals surface area (Å²) < 4.78 is 3.61. The molecular formula is C9H9N5OS. The standard InChI is InChI=1S/C9H9N5OS/c1-5-2-8(11-3-6(5)10)13-9(15)7-4-12-14-16-7/h2-4H,10H2,1H3,(H,11,13,15). The fourth-order valence-electron chi connectivity index (χ4n) is 1.08. The largest absolute Gasteiger partial charge is 0.397 e. The van der Waals surface area contributed by atoms with E-state index in [9.17, 15) is 4.79 Å². The van der Waals surface area contributed by atoms with Crippen LogP contribution in [0.25, 0.3) is 0 Å². The predicted octanol–water partition coefficient (Wildman–Crippen LogP) is 1.08. The first-order valence-electron chi connectivity index (χ1n) is 4.47. The summed E-state index contributed by atoms with van der Waals surface area (Å²) in [7, 11) is 0. The quantitative estimate of drug-likeness (QED) is 0.812. The number of nitrogens with zero attached hydrogens (tertiary/aromatic N) is 3. The Morgan fingerprint density at radius 1 is 1.50 bits per heavy atom. The maximum atomic E-state index is 11.6. The minimum Gasteiger partial charge on any atom is -0.397 e. The van der Waals surface area contributed by atoms with Crippen LogP contribution in [0, 0.1) is 6.92 Å². The smallest absolute Gasteiger partial charge is 0.270 e. The number of nitrogen functional groups attached to an aromatic ring is 1. The van der Waals surface area contributed by atoms with Gasteiger partial charge in [-0.1, -0.05) is 4.49 Å². The molecule has 0 aliphatic rings. The summed E-state index contributed by atoms with van der Waals surface area (Å²) in [6.07, 6.45) is 2.92. The summed E-state index contributed by atoms with van der Waals surface area (Å²) in [6, 6.07) is 1.71. The Hall–Kier alpha value is -2.02. The molecule has 2 heterocycles. The van der Waals surface area contributed by atoms with Gasteiger partial charge in [0.2, 0.25) is 0 Å². The summed E-state index contributed by atoms with van der Waals surface area (Å²) in [4.78, 5) is 16.1. The summed E-state index contributed by atoms with van der Waals surface area (Å²) in [5, 5.41) is 6.22. The second kappa shape index (κ2) is 4.23. The van der Waals surface area contributed by atoms with Gasteiger partial charge in [-0.25, -0.2) is 4.98 Å². The summed E-state index contributed by atoms with van der Waals surface area (Å²) >= 11 is 1.03. The van der Waals surface area contributed by atoms with Crippen LogP contribution in [0.5, 0.6) is 0 Å². The number of carbonyl (C=O) groups is 1. The number of aromatic nitrogens is 3. The van der Waals surface area contributed by atoms with E-state index in [0.717, 1.165) is 17.1 Å². The molecule has 0 unspecified atom stereocenters. The van der Waals surface area contributed by atoms with Crippen LogP contribution in [0.1, 0.15) is 15.2 Å². The number of carbonyl (C=O) groups excluding carboxylic acids is 1. The van der Waals surface area contributed by atoms with Gasteiger partial charge in [0.05, 0.1) is 18.1 Å². The zero-order chi connectivity index (χ0) is 11.5. The fourth-order valence-corrected chi connectivity index (χ4v) is 1.49. The van der Waals surface area contributed by atoms with Gasteiger partial charge >= 0.3 is 0 Å². The van der Waals surface area contributed by atoms with E-state index < -0.39 is 0 Å². The molecule has 7 heteroatoms. The van der Waals surface area contributed by atoms with Gasteiger partial charge in [0, 0.05) is 0 Å². The highest BCUT2D eigenvalue weighted by Gasteiger charge is 2.09. The van der Waals surface area contributed by atoms with E-state index in [-0.39, 0.29) is 5.91 Å². The minimum atomic E-state index is -0.272. The van der Waals surface area contributed by atoms with Gasteiger partial charge in [-0.05, 0) is 30.1 Å². The van der Waals surface area contributed by atoms with Crippen LogP contribution >= 0.6 is 11.5 Å². The van der Waals surface area contributed by atoms with Gasteiger partial charge in [-0.2, -0.15) is 0 Å². The number of nitrogens with one attached hydrogen (secondary N) is 1. The number of pyridine rings is 1. The number of anilines is 2. The van der Waals surface area contributed by atoms with Crippen LogP contribution in [0.2, 0.25) is 0 Å². The lowest BCUT2D eigenvalue weighted by Crippen LogP contribution is -2.11. The molecule has 0 spiro atoms. The van der Waals surface area contributed by atoms with Crippen molar-refractivity contribution in [2.45, 2.75) is 6.92 Å². The van der Waals surface area contributed by atoms with Crippen LogP contribution < -0.4 is 11.1 Å². The molecule has 0 aliphatic carbocycles. The van der Waals surface area contributed by atoms with Crippen molar-refractivity contribution in [1.82, 2.24) is 14.6 Å². The van der Waals surface area contributed by atoms with Gasteiger partial charge in [0.25, 0.3) is 5.91 Å². The lowest BCUT2D eigenvalue weighted by Gasteiger charge is -2.04. The van der Waals surface area contributed by atoms with Crippen LogP contribution in [-0.2, 0) is 0 Å². The monoisotopic (exact) mass is 235 g/mol. The van der Waals surface area contributed by atoms with E-state index in [0.29, 0.717) is 16.4 Å². The molecule has 0 saturated carbocycles. The van der Waals surface area contributed by atoms with E-state index in [1.807, 2.05) is 6.92 Å². The first-order chi connectivity index (χ1) is 7.66. The zero-order valence-electron chi connectivity index (χ0n) is 8.47. The SMILES string of the molecule is Cc1cc(NC(=O)c2cnns2)ncc1N. The second-order valence-corrected chi connectivity index (χ2v) is 3.95. The van der Waals surface area contributed by atoms with E-state index in [1.54, 1.807) is 6.07 Å². The maximum absolute atomic E-state index is 11.6. The molecule has 2 aromatic rings. The van der Waals surface area contributed by atoms with E-state index in [1.165, 1.54) is 12.4 Å². The number of hydrogen-bond donors (Lipinski definition) is 2. The molecule has 0 fully saturated rings. The average molecular weight is 235 g/mol. The molecule has 0 saturated heterocycles. The summed E-state index contributed by atoms with van der Waals surface area (Å²) in [5.41, 5.74) is 7.08. The highest BCUT2D eigenvalue weighted by Crippen LogP contribution is 2.14. The molecule has 2 rings (SSSR count). The number of hydrogen-bond acceptors (Lipinski definition) is 6. The third-order valence-electron chi connectivity index (χ3n) is 1.98. The van der Waals surface area contributed by atoms with Gasteiger partial charge in [-0.3, -0.25) is 4.79 Å². The molecule has 82 valence electrons. The van der Waals surface area contributed by atoms with Crippen LogP contribution in [0.4, 0.5) is 11.5 Å². The first kappa shape index (κ1) is 10.5. The normalized spacial score (nSPS) is 10.1. The van der Waals surface area contributed by atoms with E-state index in [2.05, 4.69) is 19.9 Å². The molecule has 6 nitrogen and oxygen atoms in total. The summed E-state index contributed by atoms with van der Waals surface area (Å²) in [6.45, 7) is 1.85. The molecule has 0 aliphatic heterocycles. The molecule has 1 amide bonds. The van der Waals surface area contributed by atoms with Gasteiger partial charge in [0.15, 0.2) is 0 Å². The van der Waals surface area contributed by atoms with Gasteiger partial charge < -0.3 is 11.1 Å². The Bertz CT molecular complexity index is 511. The van der Waals surface area contributed by atoms with Gasteiger partial charge in [-0.15, -0.1) is 5.10 Å². The van der Waals surface area contributed by atoms with Crippen molar-refractivity contribution in [3.63, 3.8) is 0 Å². The number of amides is 1. The molecule has 3 N–H and O–H groups in total. The first-order valence-corrected chi connectivity index (χ1v) is 5.25. The fraction of sp³-hybridized carbons (Fsp3) is 0.111. The highest BCUT2D eigenvalue weighted by atomic mass is 32.1. The Labute approximate surface area is 95.7 Å². The third kappa shape index (κ3) is 2.14. The number of aryl methyl sites for hydroxylation is 1. The molecule has 0 bridgehead atoms. The molecule has 0 aromatic carbocycles. The number of nitrogens with two attached hydrogens (primary N) is 1. The molecular weight excluding hydrogens is 226 g/mol. The van der Waals surface area contributed by atoms with Crippen molar-refractivity contribution in [3.05, 3.63) is 28.9 Å². The molecule has 16 heavy (non-hydrogen) atoms. The Balaban J connectivity index is 2.15. The van der Waals surface area contributed by atoms with Gasteiger partial charge in [0.1, 0.15) is 10.7 Å². The average Bonchev–Trinajstić information content (AvgIpc) is 2.77. The lowest BCUT2D eigenvalue weighted by atomic mass is 10.2. The molecule has 0 radical (unpaired) electrons. The van der Waals surface area contributed by atoms with E-state index in [4.69, 9.17) is 5.73 Å². The van der Waals surface area contributed by atoms with Crippen LogP contribution in [0.3, 0.4) is 0 Å². The minimum absolute atomic E-state index is 0.272. The van der Waals surface area contributed by atoms with E-state index >= 15 is 0 Å².